The molecule has 5 nitrogen and oxygen atoms in total. The quantitative estimate of drug-likeness (QED) is 0.680. The molecule has 1 aromatic heterocycles. The number of rotatable bonds is 7. The molecule has 1 unspecified atom stereocenters. The maximum Gasteiger partial charge on any atom is 0.256 e. The van der Waals surface area contributed by atoms with Crippen LogP contribution < -0.4 is 5.32 Å². The number of hydrogen-bond acceptors (Lipinski definition) is 5. The van der Waals surface area contributed by atoms with Crippen LogP contribution in [-0.4, -0.2) is 46.8 Å². The lowest BCUT2D eigenvalue weighted by Gasteiger charge is -2.44. The lowest BCUT2D eigenvalue weighted by atomic mass is 9.73. The van der Waals surface area contributed by atoms with Gasteiger partial charge < -0.3 is 20.4 Å². The Labute approximate surface area is 164 Å². The summed E-state index contributed by atoms with van der Waals surface area (Å²) in [5, 5.41) is 25.9. The summed E-state index contributed by atoms with van der Waals surface area (Å²) in [6.07, 6.45) is 1.59. The van der Waals surface area contributed by atoms with Crippen LogP contribution in [-0.2, 0) is 6.54 Å². The monoisotopic (exact) mass is 388 g/mol. The zero-order valence-corrected chi connectivity index (χ0v) is 16.5. The summed E-state index contributed by atoms with van der Waals surface area (Å²) in [7, 11) is 0. The highest BCUT2D eigenvalue weighted by Gasteiger charge is 2.42. The van der Waals surface area contributed by atoms with Gasteiger partial charge in [0.15, 0.2) is 0 Å². The largest absolute Gasteiger partial charge is 0.396 e. The van der Waals surface area contributed by atoms with Gasteiger partial charge in [-0.25, -0.2) is 0 Å². The van der Waals surface area contributed by atoms with Gasteiger partial charge in [-0.1, -0.05) is 31.5 Å². The first-order chi connectivity index (χ1) is 13.1. The van der Waals surface area contributed by atoms with Gasteiger partial charge in [-0.3, -0.25) is 4.79 Å². The number of aliphatic hydroxyl groups is 2. The third-order valence-corrected chi connectivity index (χ3v) is 6.40. The van der Waals surface area contributed by atoms with Gasteiger partial charge in [-0.2, -0.15) is 0 Å². The zero-order valence-electron chi connectivity index (χ0n) is 15.7. The lowest BCUT2D eigenvalue weighted by molar-refractivity contribution is -0.0713. The molecule has 0 spiro atoms. The van der Waals surface area contributed by atoms with Crippen molar-refractivity contribution in [1.29, 1.82) is 0 Å². The number of aliphatic hydroxyl groups excluding tert-OH is 2. The molecule has 0 bridgehead atoms. The Hall–Kier alpha value is -1.89. The predicted octanol–water partition coefficient (Wildman–Crippen LogP) is 3.35. The SMILES string of the molecule is CCC[C@]1(CO)CCN(C(=O)c2ccccc2NCc2cccs2)CC1O. The number of thiophene rings is 1. The third-order valence-electron chi connectivity index (χ3n) is 5.52. The van der Waals surface area contributed by atoms with E-state index in [1.54, 1.807) is 16.2 Å². The average Bonchev–Trinajstić information content (AvgIpc) is 3.21. The van der Waals surface area contributed by atoms with E-state index in [-0.39, 0.29) is 19.1 Å². The van der Waals surface area contributed by atoms with E-state index in [0.29, 0.717) is 25.1 Å². The van der Waals surface area contributed by atoms with Gasteiger partial charge >= 0.3 is 0 Å². The summed E-state index contributed by atoms with van der Waals surface area (Å²) in [6, 6.07) is 11.6. The molecule has 1 aliphatic heterocycles. The van der Waals surface area contributed by atoms with E-state index in [4.69, 9.17) is 0 Å². The molecule has 1 aliphatic rings. The Kier molecular flexibility index (Phi) is 6.52. The number of para-hydroxylation sites is 1. The number of carbonyl (C=O) groups excluding carboxylic acids is 1. The number of carbonyl (C=O) groups is 1. The minimum atomic E-state index is -0.702. The second-order valence-electron chi connectivity index (χ2n) is 7.27. The van der Waals surface area contributed by atoms with Crippen molar-refractivity contribution in [3.63, 3.8) is 0 Å². The molecule has 2 aromatic rings. The van der Waals surface area contributed by atoms with E-state index in [0.717, 1.165) is 18.5 Å². The molecule has 0 saturated carbocycles. The first-order valence-corrected chi connectivity index (χ1v) is 10.4. The van der Waals surface area contributed by atoms with E-state index >= 15 is 0 Å². The van der Waals surface area contributed by atoms with Gasteiger partial charge in [0.2, 0.25) is 0 Å². The van der Waals surface area contributed by atoms with Crippen molar-refractivity contribution in [2.45, 2.75) is 38.8 Å². The Morgan fingerprint density at radius 2 is 2.15 bits per heavy atom. The summed E-state index contributed by atoms with van der Waals surface area (Å²) in [6.45, 7) is 3.50. The fourth-order valence-electron chi connectivity index (χ4n) is 3.84. The molecular formula is C21H28N2O3S. The molecule has 3 rings (SSSR count). The standard InChI is InChI=1S/C21H28N2O3S/c1-2-9-21(15-24)10-11-23(14-19(21)25)20(26)17-7-3-4-8-18(17)22-13-16-6-5-12-27-16/h3-8,12,19,22,24-25H,2,9-11,13-15H2,1H3/t19?,21-/m1/s1. The third kappa shape index (κ3) is 4.34. The molecule has 1 amide bonds. The van der Waals surface area contributed by atoms with E-state index < -0.39 is 11.5 Å². The number of piperidine rings is 1. The molecule has 146 valence electrons. The van der Waals surface area contributed by atoms with Crippen LogP contribution in [0.25, 0.3) is 0 Å². The van der Waals surface area contributed by atoms with E-state index in [1.807, 2.05) is 35.7 Å². The molecular weight excluding hydrogens is 360 g/mol. The number of hydrogen-bond donors (Lipinski definition) is 3. The topological polar surface area (TPSA) is 72.8 Å². The summed E-state index contributed by atoms with van der Waals surface area (Å²) in [5.41, 5.74) is 0.939. The first-order valence-electron chi connectivity index (χ1n) is 9.53. The lowest BCUT2D eigenvalue weighted by Crippen LogP contribution is -2.54. The number of nitrogens with zero attached hydrogens (tertiary/aromatic N) is 1. The van der Waals surface area contributed by atoms with Crippen molar-refractivity contribution >= 4 is 22.9 Å². The van der Waals surface area contributed by atoms with Crippen LogP contribution in [0.4, 0.5) is 5.69 Å². The van der Waals surface area contributed by atoms with Crippen molar-refractivity contribution in [2.75, 3.05) is 25.0 Å². The Morgan fingerprint density at radius 1 is 1.33 bits per heavy atom. The maximum atomic E-state index is 13.1. The second-order valence-corrected chi connectivity index (χ2v) is 8.30. The van der Waals surface area contributed by atoms with Crippen LogP contribution in [0.2, 0.25) is 0 Å². The summed E-state index contributed by atoms with van der Waals surface area (Å²) in [4.78, 5) is 16.0. The number of nitrogens with one attached hydrogen (secondary N) is 1. The molecule has 0 radical (unpaired) electrons. The first kappa shape index (κ1) is 19.9. The molecule has 1 saturated heterocycles. The van der Waals surface area contributed by atoms with Gasteiger partial charge in [-0.15, -0.1) is 11.3 Å². The summed E-state index contributed by atoms with van der Waals surface area (Å²) < 4.78 is 0. The minimum absolute atomic E-state index is 0.0387. The minimum Gasteiger partial charge on any atom is -0.396 e. The second kappa shape index (κ2) is 8.87. The Bertz CT molecular complexity index is 750. The van der Waals surface area contributed by atoms with E-state index in [2.05, 4.69) is 18.3 Å². The number of β-amino-alcohol motifs (C(OH)–C–C–N with tert-alkyl or cyclic N) is 1. The zero-order chi connectivity index (χ0) is 19.3. The number of anilines is 1. The molecule has 0 aliphatic carbocycles. The highest BCUT2D eigenvalue weighted by atomic mass is 32.1. The Morgan fingerprint density at radius 3 is 2.81 bits per heavy atom. The van der Waals surface area contributed by atoms with Crippen molar-refractivity contribution in [2.24, 2.45) is 5.41 Å². The van der Waals surface area contributed by atoms with Crippen molar-refractivity contribution in [3.05, 3.63) is 52.2 Å². The van der Waals surface area contributed by atoms with Gasteiger partial charge in [0.1, 0.15) is 0 Å². The molecule has 2 atom stereocenters. The highest BCUT2D eigenvalue weighted by Crippen LogP contribution is 2.36. The van der Waals surface area contributed by atoms with Crippen molar-refractivity contribution in [1.82, 2.24) is 4.90 Å². The molecule has 6 heteroatoms. The number of likely N-dealkylation sites (tertiary alicyclic amines) is 1. The van der Waals surface area contributed by atoms with Crippen LogP contribution in [0.5, 0.6) is 0 Å². The summed E-state index contributed by atoms with van der Waals surface area (Å²) >= 11 is 1.68. The number of amides is 1. The fourth-order valence-corrected chi connectivity index (χ4v) is 4.49. The van der Waals surface area contributed by atoms with Crippen LogP contribution >= 0.6 is 11.3 Å². The predicted molar refractivity (Wildman–Crippen MR) is 109 cm³/mol. The molecule has 1 fully saturated rings. The highest BCUT2D eigenvalue weighted by molar-refractivity contribution is 7.09. The van der Waals surface area contributed by atoms with Crippen LogP contribution in [0.1, 0.15) is 41.4 Å². The number of benzene rings is 1. The Balaban J connectivity index is 1.71. The maximum absolute atomic E-state index is 13.1. The molecule has 3 N–H and O–H groups in total. The molecule has 2 heterocycles. The molecule has 1 aromatic carbocycles. The van der Waals surface area contributed by atoms with Gasteiger partial charge in [0.25, 0.3) is 5.91 Å². The fraction of sp³-hybridized carbons (Fsp3) is 0.476. The van der Waals surface area contributed by atoms with E-state index in [1.165, 1.54) is 4.88 Å². The van der Waals surface area contributed by atoms with Crippen molar-refractivity contribution < 1.29 is 15.0 Å². The van der Waals surface area contributed by atoms with Gasteiger partial charge in [0.05, 0.1) is 18.3 Å². The van der Waals surface area contributed by atoms with Crippen LogP contribution in [0.15, 0.2) is 41.8 Å². The molecule has 27 heavy (non-hydrogen) atoms. The van der Waals surface area contributed by atoms with Crippen molar-refractivity contribution in [3.8, 4) is 0 Å². The van der Waals surface area contributed by atoms with E-state index in [9.17, 15) is 15.0 Å². The normalized spacial score (nSPS) is 22.6. The van der Waals surface area contributed by atoms with Crippen LogP contribution in [0, 0.1) is 5.41 Å². The smallest absolute Gasteiger partial charge is 0.256 e. The van der Waals surface area contributed by atoms with Gasteiger partial charge in [-0.05, 0) is 36.4 Å². The van der Waals surface area contributed by atoms with Crippen LogP contribution in [0.3, 0.4) is 0 Å². The average molecular weight is 389 g/mol. The summed E-state index contributed by atoms with van der Waals surface area (Å²) in [5.74, 6) is -0.0774. The van der Waals surface area contributed by atoms with Gasteiger partial charge in [0, 0.05) is 35.6 Å².